The van der Waals surface area contributed by atoms with Crippen LogP contribution in [0.25, 0.3) is 10.2 Å². The van der Waals surface area contributed by atoms with E-state index in [4.69, 9.17) is 9.72 Å². The number of hydrogen-bond acceptors (Lipinski definition) is 7. The standard InChI is InChI=1S/C25H32N4O4S2.ClH/c1-4-33-20-10-13-22-23(18-20)34-25(26-22)29(17-7-14-27(2)3)24(30)19-8-11-21(12-9-19)35(31,32)28-15-5-6-16-28;/h8-13,18H,4-7,14-17H2,1-3H3;1H. The van der Waals surface area contributed by atoms with Gasteiger partial charge in [0.05, 0.1) is 21.7 Å². The second-order valence-electron chi connectivity index (χ2n) is 8.81. The Hall–Kier alpha value is -2.24. The van der Waals surface area contributed by atoms with Crippen LogP contribution < -0.4 is 9.64 Å². The third kappa shape index (κ3) is 6.36. The first-order valence-corrected chi connectivity index (χ1v) is 14.2. The lowest BCUT2D eigenvalue weighted by molar-refractivity contribution is 0.0986. The zero-order chi connectivity index (χ0) is 25.0. The summed E-state index contributed by atoms with van der Waals surface area (Å²) in [7, 11) is 0.475. The first-order valence-electron chi connectivity index (χ1n) is 11.9. The summed E-state index contributed by atoms with van der Waals surface area (Å²) < 4.78 is 33.8. The fourth-order valence-corrected chi connectivity index (χ4v) is 6.63. The number of benzene rings is 2. The maximum absolute atomic E-state index is 13.6. The van der Waals surface area contributed by atoms with E-state index in [1.165, 1.54) is 27.8 Å². The molecule has 1 aliphatic heterocycles. The molecule has 0 spiro atoms. The topological polar surface area (TPSA) is 83.0 Å². The normalized spacial score (nSPS) is 14.2. The number of hydrogen-bond donors (Lipinski definition) is 0. The quantitative estimate of drug-likeness (QED) is 0.368. The maximum atomic E-state index is 13.6. The van der Waals surface area contributed by atoms with Gasteiger partial charge in [0, 0.05) is 25.2 Å². The van der Waals surface area contributed by atoms with Crippen molar-refractivity contribution in [2.75, 3.05) is 51.8 Å². The number of carbonyl (C=O) groups is 1. The van der Waals surface area contributed by atoms with Crippen LogP contribution in [0.1, 0.15) is 36.5 Å². The minimum absolute atomic E-state index is 0. The summed E-state index contributed by atoms with van der Waals surface area (Å²) in [5, 5.41) is 0.617. The summed E-state index contributed by atoms with van der Waals surface area (Å²) in [6.07, 6.45) is 2.54. The molecule has 8 nitrogen and oxygen atoms in total. The van der Waals surface area contributed by atoms with Crippen molar-refractivity contribution < 1.29 is 17.9 Å². The Bertz CT molecular complexity index is 1270. The van der Waals surface area contributed by atoms with Crippen LogP contribution >= 0.6 is 23.7 Å². The summed E-state index contributed by atoms with van der Waals surface area (Å²) in [5.41, 5.74) is 1.25. The molecule has 0 N–H and O–H groups in total. The second-order valence-corrected chi connectivity index (χ2v) is 11.8. The number of ether oxygens (including phenoxy) is 1. The summed E-state index contributed by atoms with van der Waals surface area (Å²) in [6.45, 7) is 4.95. The van der Waals surface area contributed by atoms with Gasteiger partial charge in [0.15, 0.2) is 5.13 Å². The molecule has 0 saturated carbocycles. The SMILES string of the molecule is CCOc1ccc2nc(N(CCCN(C)C)C(=O)c3ccc(S(=O)(=O)N4CCCC4)cc3)sc2c1.Cl. The van der Waals surface area contributed by atoms with Crippen molar-refractivity contribution in [3.8, 4) is 5.75 Å². The third-order valence-electron chi connectivity index (χ3n) is 5.93. The van der Waals surface area contributed by atoms with Gasteiger partial charge in [0.1, 0.15) is 5.75 Å². The van der Waals surface area contributed by atoms with Gasteiger partial charge in [-0.25, -0.2) is 13.4 Å². The number of carbonyl (C=O) groups excluding carboxylic acids is 1. The van der Waals surface area contributed by atoms with E-state index in [2.05, 4.69) is 4.90 Å². The van der Waals surface area contributed by atoms with Crippen molar-refractivity contribution in [3.05, 3.63) is 48.0 Å². The molecule has 1 fully saturated rings. The molecule has 0 unspecified atom stereocenters. The number of aromatic nitrogens is 1. The average molecular weight is 553 g/mol. The summed E-state index contributed by atoms with van der Waals surface area (Å²) >= 11 is 1.45. The number of thiazole rings is 1. The molecule has 1 amide bonds. The number of amides is 1. The van der Waals surface area contributed by atoms with Crippen molar-refractivity contribution in [1.29, 1.82) is 0 Å². The lowest BCUT2D eigenvalue weighted by Crippen LogP contribution is -2.33. The second kappa shape index (κ2) is 12.3. The Morgan fingerprint density at radius 3 is 2.42 bits per heavy atom. The minimum atomic E-state index is -3.52. The number of rotatable bonds is 10. The molecular weight excluding hydrogens is 520 g/mol. The molecule has 0 aliphatic carbocycles. The van der Waals surface area contributed by atoms with Gasteiger partial charge in [-0.15, -0.1) is 12.4 Å². The van der Waals surface area contributed by atoms with Gasteiger partial charge in [-0.05, 0) is 89.3 Å². The number of fused-ring (bicyclic) bond motifs is 1. The minimum Gasteiger partial charge on any atom is -0.494 e. The highest BCUT2D eigenvalue weighted by atomic mass is 35.5. The zero-order valence-corrected chi connectivity index (χ0v) is 23.3. The van der Waals surface area contributed by atoms with E-state index in [1.54, 1.807) is 17.0 Å². The van der Waals surface area contributed by atoms with Gasteiger partial charge in [0.2, 0.25) is 10.0 Å². The molecule has 4 rings (SSSR count). The summed E-state index contributed by atoms with van der Waals surface area (Å²) in [4.78, 5) is 22.3. The lowest BCUT2D eigenvalue weighted by atomic mass is 10.2. The fourth-order valence-electron chi connectivity index (χ4n) is 4.10. The molecule has 11 heteroatoms. The Balaban J connectivity index is 0.00000361. The van der Waals surface area contributed by atoms with E-state index >= 15 is 0 Å². The highest BCUT2D eigenvalue weighted by molar-refractivity contribution is 7.89. The van der Waals surface area contributed by atoms with Crippen LogP contribution in [0.2, 0.25) is 0 Å². The Morgan fingerprint density at radius 1 is 1.08 bits per heavy atom. The average Bonchev–Trinajstić information content (AvgIpc) is 3.52. The number of anilines is 1. The summed E-state index contributed by atoms with van der Waals surface area (Å²) in [6, 6.07) is 12.0. The van der Waals surface area contributed by atoms with E-state index in [0.717, 1.165) is 41.8 Å². The third-order valence-corrected chi connectivity index (χ3v) is 8.88. The molecule has 2 heterocycles. The van der Waals surface area contributed by atoms with E-state index in [9.17, 15) is 13.2 Å². The molecule has 3 aromatic rings. The Kier molecular flexibility index (Phi) is 9.71. The van der Waals surface area contributed by atoms with E-state index in [1.807, 2.05) is 39.2 Å². The first kappa shape index (κ1) is 28.3. The lowest BCUT2D eigenvalue weighted by Gasteiger charge is -2.21. The van der Waals surface area contributed by atoms with Gasteiger partial charge < -0.3 is 9.64 Å². The molecule has 1 aromatic heterocycles. The maximum Gasteiger partial charge on any atom is 0.260 e. The predicted molar refractivity (Wildman–Crippen MR) is 147 cm³/mol. The van der Waals surface area contributed by atoms with Crippen LogP contribution in [0.3, 0.4) is 0 Å². The van der Waals surface area contributed by atoms with Crippen molar-refractivity contribution in [3.63, 3.8) is 0 Å². The van der Waals surface area contributed by atoms with Crippen molar-refractivity contribution in [2.45, 2.75) is 31.1 Å². The number of sulfonamides is 1. The van der Waals surface area contributed by atoms with E-state index in [-0.39, 0.29) is 23.2 Å². The van der Waals surface area contributed by atoms with Crippen LogP contribution in [0.15, 0.2) is 47.4 Å². The summed E-state index contributed by atoms with van der Waals surface area (Å²) in [5.74, 6) is 0.577. The predicted octanol–water partition coefficient (Wildman–Crippen LogP) is 4.50. The van der Waals surface area contributed by atoms with Crippen LogP contribution in [0, 0.1) is 0 Å². The van der Waals surface area contributed by atoms with E-state index < -0.39 is 10.0 Å². The Morgan fingerprint density at radius 2 is 1.78 bits per heavy atom. The Labute approximate surface area is 223 Å². The molecule has 1 aliphatic rings. The van der Waals surface area contributed by atoms with Crippen LogP contribution in [-0.4, -0.2) is 75.4 Å². The largest absolute Gasteiger partial charge is 0.494 e. The van der Waals surface area contributed by atoms with Crippen LogP contribution in [-0.2, 0) is 10.0 Å². The molecule has 0 bridgehead atoms. The highest BCUT2D eigenvalue weighted by Crippen LogP contribution is 2.32. The molecule has 196 valence electrons. The molecule has 0 atom stereocenters. The van der Waals surface area contributed by atoms with Gasteiger partial charge in [-0.1, -0.05) is 11.3 Å². The van der Waals surface area contributed by atoms with Gasteiger partial charge in [-0.3, -0.25) is 9.69 Å². The van der Waals surface area contributed by atoms with E-state index in [0.29, 0.717) is 36.9 Å². The molecular formula is C25H33ClN4O4S2. The first-order chi connectivity index (χ1) is 16.8. The van der Waals surface area contributed by atoms with Crippen LogP contribution in [0.5, 0.6) is 5.75 Å². The number of nitrogens with zero attached hydrogens (tertiary/aromatic N) is 4. The van der Waals surface area contributed by atoms with Crippen LogP contribution in [0.4, 0.5) is 5.13 Å². The molecule has 1 saturated heterocycles. The van der Waals surface area contributed by atoms with Crippen molar-refractivity contribution in [1.82, 2.24) is 14.2 Å². The zero-order valence-electron chi connectivity index (χ0n) is 20.8. The smallest absolute Gasteiger partial charge is 0.260 e. The van der Waals surface area contributed by atoms with Crippen molar-refractivity contribution in [2.24, 2.45) is 0 Å². The molecule has 2 aromatic carbocycles. The number of halogens is 1. The van der Waals surface area contributed by atoms with Gasteiger partial charge in [-0.2, -0.15) is 4.31 Å². The highest BCUT2D eigenvalue weighted by Gasteiger charge is 2.28. The molecule has 36 heavy (non-hydrogen) atoms. The van der Waals surface area contributed by atoms with Gasteiger partial charge >= 0.3 is 0 Å². The van der Waals surface area contributed by atoms with Crippen molar-refractivity contribution >= 4 is 55.0 Å². The fraction of sp³-hybridized carbons (Fsp3) is 0.440. The van der Waals surface area contributed by atoms with Gasteiger partial charge in [0.25, 0.3) is 5.91 Å². The molecule has 0 radical (unpaired) electrons. The monoisotopic (exact) mass is 552 g/mol.